The van der Waals surface area contributed by atoms with E-state index in [0.717, 1.165) is 0 Å². The number of nitrogens with two attached hydrogens (primary N) is 1. The molecule has 0 aliphatic rings. The number of halogens is 2. The first-order valence-corrected chi connectivity index (χ1v) is 3.82. The SMILES string of the molecule is CC.Cc1cc(F)c(N)c(F)c1. The van der Waals surface area contributed by atoms with Crippen molar-refractivity contribution in [2.75, 3.05) is 5.73 Å². The minimum absolute atomic E-state index is 0.411. The van der Waals surface area contributed by atoms with Gasteiger partial charge in [-0.1, -0.05) is 13.8 Å². The van der Waals surface area contributed by atoms with Crippen LogP contribution in [0, 0.1) is 18.6 Å². The molecule has 3 heteroatoms. The highest BCUT2D eigenvalue weighted by Gasteiger charge is 2.03. The van der Waals surface area contributed by atoms with Crippen molar-refractivity contribution in [2.24, 2.45) is 0 Å². The summed E-state index contributed by atoms with van der Waals surface area (Å²) >= 11 is 0. The lowest BCUT2D eigenvalue weighted by Gasteiger charge is -1.98. The highest BCUT2D eigenvalue weighted by Crippen LogP contribution is 2.15. The average Bonchev–Trinajstić information content (AvgIpc) is 2.04. The largest absolute Gasteiger partial charge is 0.394 e. The molecular weight excluding hydrogens is 160 g/mol. The Kier molecular flexibility index (Phi) is 4.26. The summed E-state index contributed by atoms with van der Waals surface area (Å²) in [6.45, 7) is 5.60. The van der Waals surface area contributed by atoms with Crippen molar-refractivity contribution >= 4 is 5.69 Å². The number of rotatable bonds is 0. The van der Waals surface area contributed by atoms with E-state index in [9.17, 15) is 8.78 Å². The van der Waals surface area contributed by atoms with E-state index < -0.39 is 17.3 Å². The number of anilines is 1. The van der Waals surface area contributed by atoms with Crippen molar-refractivity contribution in [3.63, 3.8) is 0 Å². The summed E-state index contributed by atoms with van der Waals surface area (Å²) in [4.78, 5) is 0. The number of nitrogen functional groups attached to an aromatic ring is 1. The van der Waals surface area contributed by atoms with Gasteiger partial charge in [-0.15, -0.1) is 0 Å². The molecule has 0 heterocycles. The molecule has 0 bridgehead atoms. The normalized spacial score (nSPS) is 8.75. The molecule has 1 aromatic carbocycles. The fraction of sp³-hybridized carbons (Fsp3) is 0.333. The maximum Gasteiger partial charge on any atom is 0.149 e. The third-order valence-corrected chi connectivity index (χ3v) is 1.22. The van der Waals surface area contributed by atoms with Gasteiger partial charge in [-0.05, 0) is 24.6 Å². The van der Waals surface area contributed by atoms with Crippen molar-refractivity contribution in [2.45, 2.75) is 20.8 Å². The van der Waals surface area contributed by atoms with Crippen LogP contribution in [0.15, 0.2) is 12.1 Å². The van der Waals surface area contributed by atoms with Crippen LogP contribution < -0.4 is 5.73 Å². The van der Waals surface area contributed by atoms with E-state index >= 15 is 0 Å². The van der Waals surface area contributed by atoms with E-state index in [1.165, 1.54) is 12.1 Å². The number of aryl methyl sites for hydroxylation is 1. The standard InChI is InChI=1S/C7H7F2N.C2H6/c1-4-2-5(8)7(10)6(9)3-4;1-2/h2-3H,10H2,1H3;1-2H3. The van der Waals surface area contributed by atoms with Gasteiger partial charge in [0.1, 0.15) is 17.3 Å². The first-order valence-electron chi connectivity index (χ1n) is 3.82. The molecule has 12 heavy (non-hydrogen) atoms. The van der Waals surface area contributed by atoms with Crippen molar-refractivity contribution < 1.29 is 8.78 Å². The Morgan fingerprint density at radius 2 is 1.42 bits per heavy atom. The molecule has 1 aromatic rings. The summed E-state index contributed by atoms with van der Waals surface area (Å²) in [5, 5.41) is 0. The van der Waals surface area contributed by atoms with Gasteiger partial charge >= 0.3 is 0 Å². The van der Waals surface area contributed by atoms with E-state index in [1.54, 1.807) is 6.92 Å². The molecule has 0 atom stereocenters. The quantitative estimate of drug-likeness (QED) is 0.600. The second-order valence-corrected chi connectivity index (χ2v) is 2.14. The van der Waals surface area contributed by atoms with E-state index in [-0.39, 0.29) is 0 Å². The average molecular weight is 173 g/mol. The van der Waals surface area contributed by atoms with Crippen LogP contribution >= 0.6 is 0 Å². The maximum absolute atomic E-state index is 12.5. The van der Waals surface area contributed by atoms with Gasteiger partial charge in [0.15, 0.2) is 0 Å². The molecule has 0 saturated carbocycles. The van der Waals surface area contributed by atoms with Gasteiger partial charge in [-0.3, -0.25) is 0 Å². The molecule has 0 aliphatic carbocycles. The second-order valence-electron chi connectivity index (χ2n) is 2.14. The van der Waals surface area contributed by atoms with Crippen LogP contribution in [0.2, 0.25) is 0 Å². The topological polar surface area (TPSA) is 26.0 Å². The fourth-order valence-corrected chi connectivity index (χ4v) is 0.711. The lowest BCUT2D eigenvalue weighted by molar-refractivity contribution is 0.590. The zero-order chi connectivity index (χ0) is 9.72. The summed E-state index contributed by atoms with van der Waals surface area (Å²) in [7, 11) is 0. The smallest absolute Gasteiger partial charge is 0.149 e. The number of hydrogen-bond acceptors (Lipinski definition) is 1. The van der Waals surface area contributed by atoms with Crippen LogP contribution in [0.25, 0.3) is 0 Å². The molecule has 0 fully saturated rings. The third-order valence-electron chi connectivity index (χ3n) is 1.22. The third kappa shape index (κ3) is 2.49. The lowest BCUT2D eigenvalue weighted by Crippen LogP contribution is -1.95. The molecule has 1 rings (SSSR count). The number of benzene rings is 1. The molecule has 0 aliphatic heterocycles. The zero-order valence-corrected chi connectivity index (χ0v) is 7.49. The molecular formula is C9H13F2N. The molecule has 0 unspecified atom stereocenters. The predicted molar refractivity (Wildman–Crippen MR) is 46.9 cm³/mol. The molecule has 2 N–H and O–H groups in total. The van der Waals surface area contributed by atoms with E-state index in [4.69, 9.17) is 5.73 Å². The first-order chi connectivity index (χ1) is 5.61. The Balaban J connectivity index is 0.000000561. The monoisotopic (exact) mass is 173 g/mol. The van der Waals surface area contributed by atoms with Gasteiger partial charge in [0.25, 0.3) is 0 Å². The Labute approximate surface area is 71.2 Å². The maximum atomic E-state index is 12.5. The van der Waals surface area contributed by atoms with Crippen molar-refractivity contribution in [1.29, 1.82) is 0 Å². The lowest BCUT2D eigenvalue weighted by atomic mass is 10.2. The predicted octanol–water partition coefficient (Wildman–Crippen LogP) is 2.88. The van der Waals surface area contributed by atoms with Crippen molar-refractivity contribution in [3.05, 3.63) is 29.3 Å². The molecule has 0 aromatic heterocycles. The summed E-state index contributed by atoms with van der Waals surface area (Å²) in [5.74, 6) is -1.39. The Morgan fingerprint density at radius 1 is 1.08 bits per heavy atom. The highest BCUT2D eigenvalue weighted by molar-refractivity contribution is 5.42. The number of hydrogen-bond donors (Lipinski definition) is 1. The minimum atomic E-state index is -0.697. The van der Waals surface area contributed by atoms with Crippen LogP contribution in [0.1, 0.15) is 19.4 Å². The minimum Gasteiger partial charge on any atom is -0.394 e. The zero-order valence-electron chi connectivity index (χ0n) is 7.49. The Bertz CT molecular complexity index is 236. The van der Waals surface area contributed by atoms with Gasteiger partial charge in [0.2, 0.25) is 0 Å². The van der Waals surface area contributed by atoms with Crippen LogP contribution in [0.3, 0.4) is 0 Å². The summed E-state index contributed by atoms with van der Waals surface area (Å²) < 4.78 is 25.0. The molecule has 0 spiro atoms. The van der Waals surface area contributed by atoms with Gasteiger partial charge in [0.05, 0.1) is 0 Å². The Hall–Kier alpha value is -1.12. The fourth-order valence-electron chi connectivity index (χ4n) is 0.711. The van der Waals surface area contributed by atoms with Gasteiger partial charge in [-0.2, -0.15) is 0 Å². The van der Waals surface area contributed by atoms with Gasteiger partial charge in [0, 0.05) is 0 Å². The van der Waals surface area contributed by atoms with Crippen LogP contribution in [-0.2, 0) is 0 Å². The van der Waals surface area contributed by atoms with Crippen LogP contribution in [-0.4, -0.2) is 0 Å². The van der Waals surface area contributed by atoms with E-state index in [1.807, 2.05) is 13.8 Å². The molecule has 0 saturated heterocycles. The van der Waals surface area contributed by atoms with Crippen LogP contribution in [0.4, 0.5) is 14.5 Å². The van der Waals surface area contributed by atoms with Crippen molar-refractivity contribution in [3.8, 4) is 0 Å². The Morgan fingerprint density at radius 3 is 1.75 bits per heavy atom. The van der Waals surface area contributed by atoms with Gasteiger partial charge < -0.3 is 5.73 Å². The summed E-state index contributed by atoms with van der Waals surface area (Å²) in [6, 6.07) is 2.39. The first kappa shape index (κ1) is 10.9. The molecule has 0 amide bonds. The van der Waals surface area contributed by atoms with Gasteiger partial charge in [-0.25, -0.2) is 8.78 Å². The molecule has 0 radical (unpaired) electrons. The van der Waals surface area contributed by atoms with Crippen molar-refractivity contribution in [1.82, 2.24) is 0 Å². The highest BCUT2D eigenvalue weighted by atomic mass is 19.1. The van der Waals surface area contributed by atoms with Crippen LogP contribution in [0.5, 0.6) is 0 Å². The molecule has 68 valence electrons. The summed E-state index contributed by atoms with van der Waals surface area (Å²) in [6.07, 6.45) is 0. The molecule has 1 nitrogen and oxygen atoms in total. The van der Waals surface area contributed by atoms with E-state index in [0.29, 0.717) is 5.56 Å². The van der Waals surface area contributed by atoms with E-state index in [2.05, 4.69) is 0 Å². The second kappa shape index (κ2) is 4.70. The summed E-state index contributed by atoms with van der Waals surface area (Å²) in [5.41, 5.74) is 5.12.